The monoisotopic (exact) mass is 251 g/mol. The van der Waals surface area contributed by atoms with Crippen molar-refractivity contribution in [2.24, 2.45) is 5.92 Å². The van der Waals surface area contributed by atoms with Crippen LogP contribution >= 0.6 is 11.8 Å². The normalized spacial score (nSPS) is 10.6. The maximum Gasteiger partial charge on any atom is 0.251 e. The molecule has 1 rings (SSSR count). The summed E-state index contributed by atoms with van der Waals surface area (Å²) in [6, 6.07) is 7.72. The molecule has 0 bridgehead atoms. The lowest BCUT2D eigenvalue weighted by Crippen LogP contribution is -2.24. The van der Waals surface area contributed by atoms with Gasteiger partial charge in [-0.1, -0.05) is 13.8 Å². The molecule has 0 aliphatic heterocycles. The molecule has 1 aromatic rings. The number of carbonyl (C=O) groups excluding carboxylic acids is 1. The molecule has 0 saturated heterocycles. The maximum atomic E-state index is 11.8. The number of hydrogen-bond acceptors (Lipinski definition) is 2. The molecule has 0 aromatic heterocycles. The highest BCUT2D eigenvalue weighted by atomic mass is 32.2. The third-order valence-corrected chi connectivity index (χ3v) is 3.34. The van der Waals surface area contributed by atoms with Crippen LogP contribution in [0.3, 0.4) is 0 Å². The Kier molecular flexibility index (Phi) is 6.12. The molecule has 94 valence electrons. The summed E-state index contributed by atoms with van der Waals surface area (Å²) in [5, 5.41) is 2.95. The van der Waals surface area contributed by atoms with Gasteiger partial charge in [0.05, 0.1) is 0 Å². The lowest BCUT2D eigenvalue weighted by atomic mass is 10.1. The predicted molar refractivity (Wildman–Crippen MR) is 74.6 cm³/mol. The molecule has 0 aliphatic rings. The molecule has 2 nitrogen and oxygen atoms in total. The number of hydrogen-bond donors (Lipinski definition) is 1. The van der Waals surface area contributed by atoms with Gasteiger partial charge in [0, 0.05) is 17.0 Å². The molecule has 3 heteroatoms. The molecule has 0 saturated carbocycles. The summed E-state index contributed by atoms with van der Waals surface area (Å²) >= 11 is 1.68. The molecule has 0 radical (unpaired) electrons. The van der Waals surface area contributed by atoms with Gasteiger partial charge in [-0.15, -0.1) is 11.8 Å². The summed E-state index contributed by atoms with van der Waals surface area (Å²) in [6.07, 6.45) is 4.24. The minimum atomic E-state index is 0.0291. The van der Waals surface area contributed by atoms with Crippen molar-refractivity contribution < 1.29 is 4.79 Å². The van der Waals surface area contributed by atoms with Crippen molar-refractivity contribution in [1.29, 1.82) is 0 Å². The van der Waals surface area contributed by atoms with Crippen molar-refractivity contribution in [1.82, 2.24) is 5.32 Å². The first-order valence-corrected chi connectivity index (χ1v) is 7.28. The van der Waals surface area contributed by atoms with Crippen LogP contribution in [0.5, 0.6) is 0 Å². The van der Waals surface area contributed by atoms with Crippen LogP contribution in [0.4, 0.5) is 0 Å². The highest BCUT2D eigenvalue weighted by Crippen LogP contribution is 2.14. The summed E-state index contributed by atoms with van der Waals surface area (Å²) in [7, 11) is 0. The molecule has 1 N–H and O–H groups in total. The van der Waals surface area contributed by atoms with Crippen LogP contribution in [-0.2, 0) is 0 Å². The lowest BCUT2D eigenvalue weighted by Gasteiger charge is -2.07. The van der Waals surface area contributed by atoms with Crippen molar-refractivity contribution in [2.45, 2.75) is 31.6 Å². The fraction of sp³-hybridized carbons (Fsp3) is 0.500. The average Bonchev–Trinajstić information content (AvgIpc) is 2.34. The second-order valence-electron chi connectivity index (χ2n) is 4.52. The van der Waals surface area contributed by atoms with Crippen LogP contribution in [0.2, 0.25) is 0 Å². The fourth-order valence-electron chi connectivity index (χ4n) is 1.56. The Labute approximate surface area is 108 Å². The zero-order valence-electron chi connectivity index (χ0n) is 10.8. The van der Waals surface area contributed by atoms with E-state index in [9.17, 15) is 4.79 Å². The molecular formula is C14H21NOS. The number of benzene rings is 1. The Morgan fingerprint density at radius 1 is 1.29 bits per heavy atom. The largest absolute Gasteiger partial charge is 0.352 e. The maximum absolute atomic E-state index is 11.8. The van der Waals surface area contributed by atoms with Gasteiger partial charge in [-0.25, -0.2) is 0 Å². The zero-order chi connectivity index (χ0) is 12.7. The Bertz CT molecular complexity index is 346. The van der Waals surface area contributed by atoms with Crippen molar-refractivity contribution >= 4 is 17.7 Å². The topological polar surface area (TPSA) is 29.1 Å². The lowest BCUT2D eigenvalue weighted by molar-refractivity contribution is 0.0952. The van der Waals surface area contributed by atoms with Gasteiger partial charge in [-0.2, -0.15) is 0 Å². The zero-order valence-corrected chi connectivity index (χ0v) is 11.6. The van der Waals surface area contributed by atoms with Crippen molar-refractivity contribution in [3.8, 4) is 0 Å². The van der Waals surface area contributed by atoms with E-state index in [2.05, 4.69) is 19.2 Å². The van der Waals surface area contributed by atoms with Crippen LogP contribution < -0.4 is 5.32 Å². The SMILES string of the molecule is CSc1ccc(C(=O)NCCCC(C)C)cc1. The first-order valence-electron chi connectivity index (χ1n) is 6.05. The van der Waals surface area contributed by atoms with E-state index in [0.717, 1.165) is 24.9 Å². The highest BCUT2D eigenvalue weighted by molar-refractivity contribution is 7.98. The van der Waals surface area contributed by atoms with Gasteiger partial charge < -0.3 is 5.32 Å². The first kappa shape index (κ1) is 14.1. The average molecular weight is 251 g/mol. The molecule has 0 aliphatic carbocycles. The number of thioether (sulfide) groups is 1. The molecule has 0 fully saturated rings. The number of rotatable bonds is 6. The Hall–Kier alpha value is -0.960. The third kappa shape index (κ3) is 5.26. The van der Waals surface area contributed by atoms with E-state index in [1.807, 2.05) is 30.5 Å². The van der Waals surface area contributed by atoms with Gasteiger partial charge in [0.25, 0.3) is 5.91 Å². The summed E-state index contributed by atoms with van der Waals surface area (Å²) in [5.41, 5.74) is 0.743. The van der Waals surface area contributed by atoms with Gasteiger partial charge in [-0.3, -0.25) is 4.79 Å². The van der Waals surface area contributed by atoms with Crippen LogP contribution in [0, 0.1) is 5.92 Å². The second-order valence-corrected chi connectivity index (χ2v) is 5.40. The van der Waals surface area contributed by atoms with Crippen LogP contribution in [-0.4, -0.2) is 18.7 Å². The molecule has 17 heavy (non-hydrogen) atoms. The predicted octanol–water partition coefficient (Wildman–Crippen LogP) is 3.57. The standard InChI is InChI=1S/C14H21NOS/c1-11(2)5-4-10-15-14(16)12-6-8-13(17-3)9-7-12/h6-9,11H,4-5,10H2,1-3H3,(H,15,16). The van der Waals surface area contributed by atoms with E-state index in [-0.39, 0.29) is 5.91 Å². The Balaban J connectivity index is 2.36. The van der Waals surface area contributed by atoms with Gasteiger partial charge in [-0.05, 0) is 49.3 Å². The summed E-state index contributed by atoms with van der Waals surface area (Å²) in [4.78, 5) is 13.0. The smallest absolute Gasteiger partial charge is 0.251 e. The van der Waals surface area contributed by atoms with Gasteiger partial charge in [0.15, 0.2) is 0 Å². The number of nitrogens with one attached hydrogen (secondary N) is 1. The molecule has 0 spiro atoms. The van der Waals surface area contributed by atoms with E-state index >= 15 is 0 Å². The molecule has 1 amide bonds. The van der Waals surface area contributed by atoms with Crippen LogP contribution in [0.1, 0.15) is 37.0 Å². The first-order chi connectivity index (χ1) is 8.13. The highest BCUT2D eigenvalue weighted by Gasteiger charge is 2.04. The van der Waals surface area contributed by atoms with E-state index in [4.69, 9.17) is 0 Å². The van der Waals surface area contributed by atoms with Gasteiger partial charge in [0.2, 0.25) is 0 Å². The second kappa shape index (κ2) is 7.38. The van der Waals surface area contributed by atoms with Gasteiger partial charge in [0.1, 0.15) is 0 Å². The summed E-state index contributed by atoms with van der Waals surface area (Å²) < 4.78 is 0. The quantitative estimate of drug-likeness (QED) is 0.618. The van der Waals surface area contributed by atoms with E-state index in [0.29, 0.717) is 5.92 Å². The minimum absolute atomic E-state index is 0.0291. The Morgan fingerprint density at radius 3 is 2.47 bits per heavy atom. The van der Waals surface area contributed by atoms with E-state index in [1.165, 1.54) is 4.90 Å². The minimum Gasteiger partial charge on any atom is -0.352 e. The number of amides is 1. The number of carbonyl (C=O) groups is 1. The summed E-state index contributed by atoms with van der Waals surface area (Å²) in [5.74, 6) is 0.731. The molecule has 0 heterocycles. The Morgan fingerprint density at radius 2 is 1.94 bits per heavy atom. The van der Waals surface area contributed by atoms with Crippen LogP contribution in [0.15, 0.2) is 29.2 Å². The van der Waals surface area contributed by atoms with Crippen molar-refractivity contribution in [2.75, 3.05) is 12.8 Å². The van der Waals surface area contributed by atoms with Crippen LogP contribution in [0.25, 0.3) is 0 Å². The molecule has 0 atom stereocenters. The third-order valence-electron chi connectivity index (χ3n) is 2.60. The fourth-order valence-corrected chi connectivity index (χ4v) is 1.96. The van der Waals surface area contributed by atoms with E-state index < -0.39 is 0 Å². The molecule has 1 aromatic carbocycles. The van der Waals surface area contributed by atoms with Crippen molar-refractivity contribution in [3.63, 3.8) is 0 Å². The summed E-state index contributed by atoms with van der Waals surface area (Å²) in [6.45, 7) is 5.16. The van der Waals surface area contributed by atoms with Crippen molar-refractivity contribution in [3.05, 3.63) is 29.8 Å². The van der Waals surface area contributed by atoms with E-state index in [1.54, 1.807) is 11.8 Å². The molecule has 0 unspecified atom stereocenters. The van der Waals surface area contributed by atoms with Gasteiger partial charge >= 0.3 is 0 Å². The molecular weight excluding hydrogens is 230 g/mol.